The van der Waals surface area contributed by atoms with Gasteiger partial charge in [0.1, 0.15) is 11.6 Å². The molecule has 2 aromatic rings. The monoisotopic (exact) mass is 358 g/mol. The first kappa shape index (κ1) is 19.1. The lowest BCUT2D eigenvalue weighted by molar-refractivity contribution is -0.130. The molecule has 0 heterocycles. The second kappa shape index (κ2) is 9.31. The number of hydrogen-bond donors (Lipinski definition) is 2. The maximum absolute atomic E-state index is 12.8. The van der Waals surface area contributed by atoms with Crippen molar-refractivity contribution in [3.05, 3.63) is 65.5 Å². The lowest BCUT2D eigenvalue weighted by Crippen LogP contribution is -2.43. The number of halogens is 1. The molecule has 2 aromatic carbocycles. The highest BCUT2D eigenvalue weighted by molar-refractivity contribution is 5.98. The molecule has 0 aliphatic carbocycles. The van der Waals surface area contributed by atoms with Gasteiger partial charge in [0.25, 0.3) is 5.91 Å². The molecule has 0 aliphatic heterocycles. The number of para-hydroxylation sites is 1. The molecule has 6 nitrogen and oxygen atoms in total. The highest BCUT2D eigenvalue weighted by Crippen LogP contribution is 2.15. The van der Waals surface area contributed by atoms with Gasteiger partial charge in [-0.2, -0.15) is 0 Å². The number of ketones is 1. The van der Waals surface area contributed by atoms with Gasteiger partial charge in [-0.1, -0.05) is 18.2 Å². The summed E-state index contributed by atoms with van der Waals surface area (Å²) in [5.74, 6) is -1.17. The number of aryl methyl sites for hydroxylation is 1. The van der Waals surface area contributed by atoms with Crippen LogP contribution in [0.1, 0.15) is 28.8 Å². The molecule has 0 aliphatic rings. The van der Waals surface area contributed by atoms with Gasteiger partial charge in [0.2, 0.25) is 5.91 Å². The third-order valence-corrected chi connectivity index (χ3v) is 3.54. The van der Waals surface area contributed by atoms with E-state index in [2.05, 4.69) is 10.9 Å². The Hall–Kier alpha value is -3.22. The molecule has 136 valence electrons. The molecular formula is C19H19FN2O4. The first-order chi connectivity index (χ1) is 12.5. The van der Waals surface area contributed by atoms with E-state index in [1.165, 1.54) is 24.3 Å². The van der Waals surface area contributed by atoms with Crippen LogP contribution in [0.5, 0.6) is 5.75 Å². The number of carbonyl (C=O) groups is 3. The normalized spacial score (nSPS) is 10.1. The summed E-state index contributed by atoms with van der Waals surface area (Å²) in [6.07, 6.45) is -0.151. The van der Waals surface area contributed by atoms with Crippen LogP contribution in [0.4, 0.5) is 4.39 Å². The zero-order valence-corrected chi connectivity index (χ0v) is 14.3. The fourth-order valence-electron chi connectivity index (χ4n) is 2.11. The molecule has 0 radical (unpaired) electrons. The maximum Gasteiger partial charge on any atom is 0.276 e. The summed E-state index contributed by atoms with van der Waals surface area (Å²) >= 11 is 0. The summed E-state index contributed by atoms with van der Waals surface area (Å²) in [6.45, 7) is 1.60. The fourth-order valence-corrected chi connectivity index (χ4v) is 2.11. The predicted molar refractivity (Wildman–Crippen MR) is 92.9 cm³/mol. The maximum atomic E-state index is 12.8. The van der Waals surface area contributed by atoms with Crippen LogP contribution < -0.4 is 15.6 Å². The van der Waals surface area contributed by atoms with Crippen LogP contribution >= 0.6 is 0 Å². The van der Waals surface area contributed by atoms with E-state index in [0.717, 1.165) is 5.56 Å². The Morgan fingerprint density at radius 2 is 1.58 bits per heavy atom. The molecule has 2 N–H and O–H groups in total. The summed E-state index contributed by atoms with van der Waals surface area (Å²) in [6, 6.07) is 12.3. The van der Waals surface area contributed by atoms with Crippen molar-refractivity contribution in [3.8, 4) is 5.75 Å². The zero-order valence-electron chi connectivity index (χ0n) is 14.3. The van der Waals surface area contributed by atoms with Crippen molar-refractivity contribution in [3.63, 3.8) is 0 Å². The van der Waals surface area contributed by atoms with Crippen LogP contribution in [0.3, 0.4) is 0 Å². The Bertz CT molecular complexity index is 790. The van der Waals surface area contributed by atoms with Gasteiger partial charge in [0.05, 0.1) is 0 Å². The molecule has 26 heavy (non-hydrogen) atoms. The van der Waals surface area contributed by atoms with Crippen molar-refractivity contribution in [1.82, 2.24) is 10.9 Å². The molecule has 0 unspecified atom stereocenters. The Morgan fingerprint density at radius 1 is 0.923 bits per heavy atom. The number of rotatable bonds is 7. The lowest BCUT2D eigenvalue weighted by Gasteiger charge is -2.10. The van der Waals surface area contributed by atoms with Gasteiger partial charge >= 0.3 is 0 Å². The Morgan fingerprint density at radius 3 is 2.27 bits per heavy atom. The topological polar surface area (TPSA) is 84.5 Å². The summed E-state index contributed by atoms with van der Waals surface area (Å²) in [5, 5.41) is 0. The molecule has 0 atom stereocenters. The van der Waals surface area contributed by atoms with Gasteiger partial charge in [0.15, 0.2) is 12.4 Å². The van der Waals surface area contributed by atoms with Crippen LogP contribution in [-0.4, -0.2) is 24.2 Å². The average molecular weight is 358 g/mol. The number of Topliss-reactive ketones (excluding diaryl/α,β-unsaturated/α-hetero) is 1. The van der Waals surface area contributed by atoms with Crippen LogP contribution in [0.2, 0.25) is 0 Å². The Labute approximate surface area is 150 Å². The average Bonchev–Trinajstić information content (AvgIpc) is 2.64. The summed E-state index contributed by atoms with van der Waals surface area (Å²) < 4.78 is 18.2. The van der Waals surface area contributed by atoms with E-state index < -0.39 is 17.6 Å². The van der Waals surface area contributed by atoms with E-state index in [0.29, 0.717) is 11.3 Å². The van der Waals surface area contributed by atoms with Gasteiger partial charge in [-0.25, -0.2) is 4.39 Å². The van der Waals surface area contributed by atoms with E-state index in [-0.39, 0.29) is 25.2 Å². The highest BCUT2D eigenvalue weighted by Gasteiger charge is 2.11. The minimum atomic E-state index is -0.522. The summed E-state index contributed by atoms with van der Waals surface area (Å²) in [7, 11) is 0. The molecule has 0 aromatic heterocycles. The third kappa shape index (κ3) is 6.01. The lowest BCUT2D eigenvalue weighted by atomic mass is 10.1. The van der Waals surface area contributed by atoms with Crippen LogP contribution in [0.15, 0.2) is 48.5 Å². The van der Waals surface area contributed by atoms with Crippen LogP contribution in [0.25, 0.3) is 0 Å². The van der Waals surface area contributed by atoms with Crippen LogP contribution in [0, 0.1) is 12.7 Å². The van der Waals surface area contributed by atoms with E-state index in [4.69, 9.17) is 4.74 Å². The quantitative estimate of drug-likeness (QED) is 0.588. The van der Waals surface area contributed by atoms with Gasteiger partial charge < -0.3 is 4.74 Å². The van der Waals surface area contributed by atoms with Crippen LogP contribution in [-0.2, 0) is 9.59 Å². The number of benzene rings is 2. The zero-order chi connectivity index (χ0) is 18.9. The largest absolute Gasteiger partial charge is 0.483 e. The van der Waals surface area contributed by atoms with E-state index in [9.17, 15) is 18.8 Å². The smallest absolute Gasteiger partial charge is 0.276 e. The molecule has 0 fully saturated rings. The molecule has 7 heteroatoms. The van der Waals surface area contributed by atoms with Crippen molar-refractivity contribution in [2.75, 3.05) is 6.61 Å². The second-order valence-corrected chi connectivity index (χ2v) is 5.58. The van der Waals surface area contributed by atoms with Gasteiger partial charge in [-0.15, -0.1) is 0 Å². The third-order valence-electron chi connectivity index (χ3n) is 3.54. The first-order valence-corrected chi connectivity index (χ1v) is 8.00. The number of nitrogens with one attached hydrogen (secondary N) is 2. The number of hydrogen-bond acceptors (Lipinski definition) is 4. The molecule has 2 rings (SSSR count). The van der Waals surface area contributed by atoms with Gasteiger partial charge in [0, 0.05) is 18.4 Å². The molecule has 0 saturated carbocycles. The molecule has 0 saturated heterocycles. The molecule has 2 amide bonds. The Kier molecular flexibility index (Phi) is 6.84. The standard InChI is InChI=1S/C19H19FN2O4/c1-13-4-2-3-5-17(13)26-12-19(25)22-21-18(24)11-10-16(23)14-6-8-15(20)9-7-14/h2-9H,10-12H2,1H3,(H,21,24)(H,22,25). The number of hydrazine groups is 1. The van der Waals surface area contributed by atoms with Crippen molar-refractivity contribution in [2.24, 2.45) is 0 Å². The number of carbonyl (C=O) groups excluding carboxylic acids is 3. The van der Waals surface area contributed by atoms with E-state index in [1.807, 2.05) is 19.1 Å². The highest BCUT2D eigenvalue weighted by atomic mass is 19.1. The molecular weight excluding hydrogens is 339 g/mol. The van der Waals surface area contributed by atoms with Crippen molar-refractivity contribution < 1.29 is 23.5 Å². The SMILES string of the molecule is Cc1ccccc1OCC(=O)NNC(=O)CCC(=O)c1ccc(F)cc1. The number of ether oxygens (including phenoxy) is 1. The summed E-state index contributed by atoms with van der Waals surface area (Å²) in [4.78, 5) is 35.2. The second-order valence-electron chi connectivity index (χ2n) is 5.58. The van der Waals surface area contributed by atoms with Crippen molar-refractivity contribution in [2.45, 2.75) is 19.8 Å². The molecule has 0 spiro atoms. The minimum absolute atomic E-state index is 0.0486. The van der Waals surface area contributed by atoms with Crippen molar-refractivity contribution >= 4 is 17.6 Å². The minimum Gasteiger partial charge on any atom is -0.483 e. The fraction of sp³-hybridized carbons (Fsp3) is 0.211. The van der Waals surface area contributed by atoms with Gasteiger partial charge in [-0.05, 0) is 42.8 Å². The molecule has 0 bridgehead atoms. The summed E-state index contributed by atoms with van der Waals surface area (Å²) in [5.41, 5.74) is 5.66. The Balaban J connectivity index is 1.68. The van der Waals surface area contributed by atoms with Crippen molar-refractivity contribution in [1.29, 1.82) is 0 Å². The first-order valence-electron chi connectivity index (χ1n) is 8.00. The van der Waals surface area contributed by atoms with E-state index in [1.54, 1.807) is 12.1 Å². The number of amides is 2. The predicted octanol–water partition coefficient (Wildman–Crippen LogP) is 2.32. The van der Waals surface area contributed by atoms with E-state index >= 15 is 0 Å². The van der Waals surface area contributed by atoms with Gasteiger partial charge in [-0.3, -0.25) is 25.2 Å².